The predicted molar refractivity (Wildman–Crippen MR) is 156 cm³/mol. The van der Waals surface area contributed by atoms with Crippen molar-refractivity contribution in [3.05, 3.63) is 106 Å². The van der Waals surface area contributed by atoms with Crippen LogP contribution in [-0.2, 0) is 11.8 Å². The van der Waals surface area contributed by atoms with Gasteiger partial charge in [0.25, 0.3) is 0 Å². The molecule has 0 fully saturated rings. The molecule has 0 heteroatoms. The molecule has 34 heavy (non-hydrogen) atoms. The van der Waals surface area contributed by atoms with Crippen LogP contribution in [-0.4, -0.2) is 0 Å². The van der Waals surface area contributed by atoms with Gasteiger partial charge in [0, 0.05) is 0 Å². The molecule has 0 aliphatic rings. The molecule has 1 unspecified atom stereocenters. The Morgan fingerprint density at radius 3 is 1.35 bits per heavy atom. The highest BCUT2D eigenvalue weighted by Crippen LogP contribution is 2.21. The number of benzene rings is 3. The van der Waals surface area contributed by atoms with Gasteiger partial charge in [0.05, 0.1) is 0 Å². The summed E-state index contributed by atoms with van der Waals surface area (Å²) in [4.78, 5) is 0. The van der Waals surface area contributed by atoms with Crippen LogP contribution in [0.25, 0.3) is 0 Å². The minimum atomic E-state index is 0. The van der Waals surface area contributed by atoms with E-state index in [1.165, 1.54) is 46.2 Å². The summed E-state index contributed by atoms with van der Waals surface area (Å²) in [5.74, 6) is 1.47. The maximum Gasteiger partial charge on any atom is -0.0132 e. The van der Waals surface area contributed by atoms with Crippen LogP contribution < -0.4 is 0 Å². The molecule has 0 saturated carbocycles. The van der Waals surface area contributed by atoms with Gasteiger partial charge in [-0.2, -0.15) is 0 Å². The van der Waals surface area contributed by atoms with Crippen molar-refractivity contribution in [1.29, 1.82) is 0 Å². The monoisotopic (exact) mass is 460 g/mol. The SMILES string of the molecule is C.CCC(C)Cc1ccc(C)cc1.Cc1ccc(C(C)(C)C)cc1.Cc1ccc(C(C)C)cc1. The van der Waals surface area contributed by atoms with E-state index in [4.69, 9.17) is 0 Å². The summed E-state index contributed by atoms with van der Waals surface area (Å²) >= 11 is 0. The van der Waals surface area contributed by atoms with Gasteiger partial charge in [-0.25, -0.2) is 0 Å². The predicted octanol–water partition coefficient (Wildman–Crippen LogP) is 10.6. The maximum atomic E-state index is 2.31. The zero-order chi connectivity index (χ0) is 25.0. The lowest BCUT2D eigenvalue weighted by Crippen LogP contribution is -2.10. The number of hydrogen-bond acceptors (Lipinski definition) is 0. The second kappa shape index (κ2) is 15.5. The molecule has 0 aliphatic heterocycles. The highest BCUT2D eigenvalue weighted by Gasteiger charge is 2.11. The Kier molecular flexibility index (Phi) is 14.5. The van der Waals surface area contributed by atoms with E-state index >= 15 is 0 Å². The van der Waals surface area contributed by atoms with Crippen molar-refractivity contribution < 1.29 is 0 Å². The summed E-state index contributed by atoms with van der Waals surface area (Å²) in [6.07, 6.45) is 2.49. The molecule has 0 saturated heterocycles. The van der Waals surface area contributed by atoms with Gasteiger partial charge in [-0.05, 0) is 61.1 Å². The Bertz CT molecular complexity index is 888. The van der Waals surface area contributed by atoms with Crippen LogP contribution in [0.1, 0.15) is 102 Å². The van der Waals surface area contributed by atoms with Gasteiger partial charge in [-0.15, -0.1) is 0 Å². The molecule has 0 nitrogen and oxygen atoms in total. The Balaban J connectivity index is 0.000000475. The number of aryl methyl sites for hydroxylation is 3. The number of rotatable bonds is 4. The summed E-state index contributed by atoms with van der Waals surface area (Å²) in [6, 6.07) is 26.3. The summed E-state index contributed by atoms with van der Waals surface area (Å²) in [5, 5.41) is 0. The van der Waals surface area contributed by atoms with Crippen molar-refractivity contribution in [2.45, 2.75) is 101 Å². The first-order valence-electron chi connectivity index (χ1n) is 12.6. The molecule has 188 valence electrons. The average molecular weight is 461 g/mol. The van der Waals surface area contributed by atoms with Crippen LogP contribution in [0.3, 0.4) is 0 Å². The lowest BCUT2D eigenvalue weighted by molar-refractivity contribution is 0.560. The summed E-state index contributed by atoms with van der Waals surface area (Å²) in [7, 11) is 0. The van der Waals surface area contributed by atoms with Crippen LogP contribution in [0.4, 0.5) is 0 Å². The third kappa shape index (κ3) is 12.8. The molecule has 3 rings (SSSR count). The van der Waals surface area contributed by atoms with E-state index in [1.54, 1.807) is 0 Å². The minimum absolute atomic E-state index is 0. The van der Waals surface area contributed by atoms with Crippen molar-refractivity contribution in [2.75, 3.05) is 0 Å². The lowest BCUT2D eigenvalue weighted by Gasteiger charge is -2.18. The molecular weight excluding hydrogens is 408 g/mol. The van der Waals surface area contributed by atoms with E-state index in [9.17, 15) is 0 Å². The van der Waals surface area contributed by atoms with Gasteiger partial charge in [0.2, 0.25) is 0 Å². The smallest absolute Gasteiger partial charge is 0.0132 e. The van der Waals surface area contributed by atoms with Gasteiger partial charge in [-0.3, -0.25) is 0 Å². The maximum absolute atomic E-state index is 2.31. The molecule has 0 aliphatic carbocycles. The first-order valence-corrected chi connectivity index (χ1v) is 12.6. The van der Waals surface area contributed by atoms with Gasteiger partial charge in [0.15, 0.2) is 0 Å². The second-order valence-electron chi connectivity index (χ2n) is 10.9. The highest BCUT2D eigenvalue weighted by molar-refractivity contribution is 5.26. The molecule has 1 atom stereocenters. The molecule has 3 aromatic rings. The Labute approximate surface area is 212 Å². The van der Waals surface area contributed by atoms with Crippen LogP contribution in [0.5, 0.6) is 0 Å². The fraction of sp³-hybridized carbons (Fsp3) is 0.471. The van der Waals surface area contributed by atoms with Crippen molar-refractivity contribution in [3.63, 3.8) is 0 Å². The van der Waals surface area contributed by atoms with E-state index < -0.39 is 0 Å². The second-order valence-corrected chi connectivity index (χ2v) is 10.9. The van der Waals surface area contributed by atoms with Crippen molar-refractivity contribution in [3.8, 4) is 0 Å². The van der Waals surface area contributed by atoms with Crippen molar-refractivity contribution >= 4 is 0 Å². The molecule has 0 spiro atoms. The lowest BCUT2D eigenvalue weighted by atomic mass is 9.87. The fourth-order valence-corrected chi connectivity index (χ4v) is 3.28. The topological polar surface area (TPSA) is 0 Å². The number of hydrogen-bond donors (Lipinski definition) is 0. The Morgan fingerprint density at radius 1 is 0.618 bits per heavy atom. The highest BCUT2D eigenvalue weighted by atomic mass is 14.2. The summed E-state index contributed by atoms with van der Waals surface area (Å²) in [5.41, 5.74) is 8.60. The zero-order valence-corrected chi connectivity index (χ0v) is 23.0. The molecule has 0 bridgehead atoms. The fourth-order valence-electron chi connectivity index (χ4n) is 3.28. The largest absolute Gasteiger partial charge is 0.0776 e. The van der Waals surface area contributed by atoms with Gasteiger partial charge >= 0.3 is 0 Å². The first-order chi connectivity index (χ1) is 15.4. The summed E-state index contributed by atoms with van der Waals surface area (Å²) in [6.45, 7) is 22.0. The molecule has 0 N–H and O–H groups in total. The molecular formula is C34H52. The standard InChI is InChI=1S/C12H18.C11H16.C10H14.CH4/c1-4-10(2)9-12-7-5-11(3)6-8-12;1-9-5-7-10(8-6-9)11(2,3)4;1-8(2)10-6-4-9(3)5-7-10;/h5-8,10H,4,9H2,1-3H3;5-8H,1-4H3;4-8H,1-3H3;1H4. The van der Waals surface area contributed by atoms with Crippen LogP contribution >= 0.6 is 0 Å². The molecule has 0 radical (unpaired) electrons. The minimum Gasteiger partial charge on any atom is -0.0776 e. The molecule has 3 aromatic carbocycles. The van der Waals surface area contributed by atoms with Crippen molar-refractivity contribution in [2.24, 2.45) is 5.92 Å². The molecule has 0 heterocycles. The normalized spacial score (nSPS) is 11.4. The van der Waals surface area contributed by atoms with E-state index in [1.807, 2.05) is 0 Å². The molecule has 0 aromatic heterocycles. The first kappa shape index (κ1) is 31.7. The van der Waals surface area contributed by atoms with E-state index in [2.05, 4.69) is 142 Å². The van der Waals surface area contributed by atoms with Crippen LogP contribution in [0.15, 0.2) is 72.8 Å². The average Bonchev–Trinajstić information content (AvgIpc) is 2.76. The van der Waals surface area contributed by atoms with E-state index in [0.29, 0.717) is 5.92 Å². The summed E-state index contributed by atoms with van der Waals surface area (Å²) < 4.78 is 0. The zero-order valence-electron chi connectivity index (χ0n) is 23.0. The quantitative estimate of drug-likeness (QED) is 0.363. The van der Waals surface area contributed by atoms with Crippen molar-refractivity contribution in [1.82, 2.24) is 0 Å². The van der Waals surface area contributed by atoms with Gasteiger partial charge in [-0.1, -0.05) is 152 Å². The van der Waals surface area contributed by atoms with Crippen LogP contribution in [0, 0.1) is 26.7 Å². The van der Waals surface area contributed by atoms with Gasteiger partial charge < -0.3 is 0 Å². The van der Waals surface area contributed by atoms with Crippen LogP contribution in [0.2, 0.25) is 0 Å². The van der Waals surface area contributed by atoms with Gasteiger partial charge in [0.1, 0.15) is 0 Å². The van der Waals surface area contributed by atoms with E-state index in [-0.39, 0.29) is 12.8 Å². The third-order valence-electron chi connectivity index (χ3n) is 6.06. The van der Waals surface area contributed by atoms with E-state index in [0.717, 1.165) is 5.92 Å². The Morgan fingerprint density at radius 2 is 1.00 bits per heavy atom. The molecule has 0 amide bonds. The Hall–Kier alpha value is -2.34. The third-order valence-corrected chi connectivity index (χ3v) is 6.06.